The molecule has 10 nitrogen and oxygen atoms in total. The maximum atomic E-state index is 13.0. The van der Waals surface area contributed by atoms with Gasteiger partial charge in [0.1, 0.15) is 18.8 Å². The second-order valence-corrected chi connectivity index (χ2v) is 10.1. The summed E-state index contributed by atoms with van der Waals surface area (Å²) in [6, 6.07) is 17.4. The highest BCUT2D eigenvalue weighted by molar-refractivity contribution is 6.34. The molecule has 0 bridgehead atoms. The van der Waals surface area contributed by atoms with E-state index in [1.54, 1.807) is 20.3 Å². The zero-order valence-electron chi connectivity index (χ0n) is 24.7. The Hall–Kier alpha value is -5.22. The number of fused-ring (bicyclic) bond motifs is 1. The van der Waals surface area contributed by atoms with Crippen LogP contribution in [0.3, 0.4) is 0 Å². The van der Waals surface area contributed by atoms with Gasteiger partial charge in [0.2, 0.25) is 0 Å². The molecule has 1 heterocycles. The molecule has 1 aromatic heterocycles. The number of methoxy groups -OCH3 is 2. The van der Waals surface area contributed by atoms with Gasteiger partial charge in [-0.1, -0.05) is 0 Å². The quantitative estimate of drug-likeness (QED) is 0.185. The summed E-state index contributed by atoms with van der Waals surface area (Å²) in [6.45, 7) is 0.803. The standard InChI is InChI=1S/C33H33N5O5/c1-37(2)22-7-9-23(10-8-22)38(3)29-12-6-21(16-25(29)26-17-24(39)11-13-30(26)40)36-33-27-18-31(42-5)32(43-15-14-41-4)19-28(27)34-20-35-33/h6-13,16-20H,14-15H2,1-5H3,(H,34,35,36). The Kier molecular flexibility index (Phi) is 8.68. The van der Waals surface area contributed by atoms with Crippen LogP contribution < -0.4 is 24.6 Å². The molecule has 0 amide bonds. The van der Waals surface area contributed by atoms with Crippen molar-refractivity contribution in [2.45, 2.75) is 0 Å². The van der Waals surface area contributed by atoms with Gasteiger partial charge in [0, 0.05) is 73.6 Å². The molecule has 1 aliphatic rings. The third-order valence-electron chi connectivity index (χ3n) is 7.08. The molecule has 4 aromatic rings. The minimum absolute atomic E-state index is 0.241. The Labute approximate surface area is 250 Å². The number of nitrogens with zero attached hydrogens (tertiary/aromatic N) is 4. The Morgan fingerprint density at radius 2 is 1.60 bits per heavy atom. The predicted octanol–water partition coefficient (Wildman–Crippen LogP) is 5.33. The summed E-state index contributed by atoms with van der Waals surface area (Å²) < 4.78 is 16.5. The largest absolute Gasteiger partial charge is 0.493 e. The normalized spacial score (nSPS) is 12.7. The predicted molar refractivity (Wildman–Crippen MR) is 169 cm³/mol. The zero-order valence-corrected chi connectivity index (χ0v) is 24.7. The van der Waals surface area contributed by atoms with E-state index in [0.29, 0.717) is 58.3 Å². The topological polar surface area (TPSA) is 106 Å². The molecular weight excluding hydrogens is 546 g/mol. The lowest BCUT2D eigenvalue weighted by atomic mass is 9.94. The first-order valence-electron chi connectivity index (χ1n) is 13.6. The minimum atomic E-state index is -0.243. The molecular formula is C33H33N5O5. The van der Waals surface area contributed by atoms with Gasteiger partial charge in [0.25, 0.3) is 0 Å². The molecule has 3 aromatic carbocycles. The van der Waals surface area contributed by atoms with Crippen molar-refractivity contribution >= 4 is 56.6 Å². The zero-order chi connectivity index (χ0) is 30.5. The van der Waals surface area contributed by atoms with Crippen LogP contribution in [0.5, 0.6) is 11.5 Å². The average molecular weight is 580 g/mol. The Morgan fingerprint density at radius 3 is 2.33 bits per heavy atom. The number of hydrogen-bond donors (Lipinski definition) is 1. The maximum absolute atomic E-state index is 13.0. The molecule has 5 rings (SSSR count). The van der Waals surface area contributed by atoms with Crippen LogP contribution in [0, 0.1) is 0 Å². The fourth-order valence-corrected chi connectivity index (χ4v) is 4.76. The van der Waals surface area contributed by atoms with E-state index in [4.69, 9.17) is 14.2 Å². The fraction of sp³-hybridized carbons (Fsp3) is 0.212. The van der Waals surface area contributed by atoms with Gasteiger partial charge < -0.3 is 29.3 Å². The van der Waals surface area contributed by atoms with Crippen molar-refractivity contribution in [3.8, 4) is 11.5 Å². The number of aromatic nitrogens is 2. The van der Waals surface area contributed by atoms with Crippen molar-refractivity contribution in [1.29, 1.82) is 0 Å². The Morgan fingerprint density at radius 1 is 0.837 bits per heavy atom. The van der Waals surface area contributed by atoms with Gasteiger partial charge in [-0.3, -0.25) is 9.59 Å². The van der Waals surface area contributed by atoms with Crippen molar-refractivity contribution in [3.63, 3.8) is 0 Å². The molecule has 0 fully saturated rings. The van der Waals surface area contributed by atoms with Crippen molar-refractivity contribution in [2.75, 3.05) is 63.7 Å². The highest BCUT2D eigenvalue weighted by atomic mass is 16.5. The first kappa shape index (κ1) is 29.3. The number of allylic oxidation sites excluding steroid dienone is 4. The van der Waals surface area contributed by atoms with Gasteiger partial charge in [0.15, 0.2) is 23.1 Å². The molecule has 1 N–H and O–H groups in total. The average Bonchev–Trinajstić information content (AvgIpc) is 3.02. The summed E-state index contributed by atoms with van der Waals surface area (Å²) in [5.74, 6) is 1.13. The number of nitrogens with one attached hydrogen (secondary N) is 1. The van der Waals surface area contributed by atoms with E-state index in [2.05, 4.69) is 15.3 Å². The summed E-state index contributed by atoms with van der Waals surface area (Å²) in [6.07, 6.45) is 5.44. The molecule has 43 heavy (non-hydrogen) atoms. The number of rotatable bonds is 11. The van der Waals surface area contributed by atoms with Crippen LogP contribution in [-0.4, -0.2) is 70.1 Å². The van der Waals surface area contributed by atoms with E-state index >= 15 is 0 Å². The van der Waals surface area contributed by atoms with Crippen LogP contribution in [0.1, 0.15) is 5.56 Å². The van der Waals surface area contributed by atoms with E-state index < -0.39 is 0 Å². The van der Waals surface area contributed by atoms with Gasteiger partial charge in [-0.15, -0.1) is 0 Å². The summed E-state index contributed by atoms with van der Waals surface area (Å²) in [5.41, 5.74) is 5.01. The van der Waals surface area contributed by atoms with Crippen molar-refractivity contribution < 1.29 is 23.8 Å². The van der Waals surface area contributed by atoms with Crippen LogP contribution >= 0.6 is 0 Å². The van der Waals surface area contributed by atoms with Gasteiger partial charge in [-0.2, -0.15) is 0 Å². The molecule has 220 valence electrons. The molecule has 0 saturated heterocycles. The van der Waals surface area contributed by atoms with Crippen molar-refractivity contribution in [3.05, 3.63) is 84.7 Å². The first-order chi connectivity index (χ1) is 20.8. The van der Waals surface area contributed by atoms with Crippen LogP contribution in [-0.2, 0) is 14.3 Å². The van der Waals surface area contributed by atoms with Crippen LogP contribution in [0.25, 0.3) is 16.5 Å². The number of anilines is 5. The summed E-state index contributed by atoms with van der Waals surface area (Å²) in [7, 11) is 9.09. The smallest absolute Gasteiger partial charge is 0.186 e. The lowest BCUT2D eigenvalue weighted by molar-refractivity contribution is -0.113. The molecule has 10 heteroatoms. The third-order valence-corrected chi connectivity index (χ3v) is 7.08. The highest BCUT2D eigenvalue weighted by Gasteiger charge is 2.22. The SMILES string of the molecule is COCCOc1cc2ncnc(Nc3ccc(N(C)c4ccc(N(C)C)cc4)c(C4=CC(=O)C=CC4=O)c3)c2cc1OC. The lowest BCUT2D eigenvalue weighted by Crippen LogP contribution is -2.15. The van der Waals surface area contributed by atoms with E-state index in [1.807, 2.05) is 79.5 Å². The van der Waals surface area contributed by atoms with E-state index in [1.165, 1.54) is 24.6 Å². The molecule has 0 radical (unpaired) electrons. The highest BCUT2D eigenvalue weighted by Crippen LogP contribution is 2.38. The molecule has 0 unspecified atom stereocenters. The molecule has 1 aliphatic carbocycles. The number of benzene rings is 3. The van der Waals surface area contributed by atoms with Gasteiger partial charge in [-0.05, 0) is 66.8 Å². The number of carbonyl (C=O) groups is 2. The maximum Gasteiger partial charge on any atom is 0.186 e. The van der Waals surface area contributed by atoms with Crippen LogP contribution in [0.2, 0.25) is 0 Å². The second-order valence-electron chi connectivity index (χ2n) is 10.1. The van der Waals surface area contributed by atoms with Crippen molar-refractivity contribution in [1.82, 2.24) is 9.97 Å². The van der Waals surface area contributed by atoms with Gasteiger partial charge in [-0.25, -0.2) is 9.97 Å². The molecule has 0 saturated carbocycles. The molecule has 0 aliphatic heterocycles. The van der Waals surface area contributed by atoms with E-state index in [0.717, 1.165) is 17.1 Å². The number of carbonyl (C=O) groups excluding carboxylic acids is 2. The van der Waals surface area contributed by atoms with Gasteiger partial charge >= 0.3 is 0 Å². The Balaban J connectivity index is 1.54. The van der Waals surface area contributed by atoms with Crippen molar-refractivity contribution in [2.24, 2.45) is 0 Å². The fourth-order valence-electron chi connectivity index (χ4n) is 4.76. The molecule has 0 atom stereocenters. The second kappa shape index (κ2) is 12.7. The molecule has 0 spiro atoms. The number of ketones is 2. The van der Waals surface area contributed by atoms with Crippen LogP contribution in [0.15, 0.2) is 79.2 Å². The van der Waals surface area contributed by atoms with E-state index in [9.17, 15) is 9.59 Å². The number of hydrogen-bond acceptors (Lipinski definition) is 10. The lowest BCUT2D eigenvalue weighted by Gasteiger charge is -2.25. The summed E-state index contributed by atoms with van der Waals surface area (Å²) in [5, 5.41) is 4.08. The minimum Gasteiger partial charge on any atom is -0.493 e. The summed E-state index contributed by atoms with van der Waals surface area (Å²) >= 11 is 0. The first-order valence-corrected chi connectivity index (χ1v) is 13.6. The van der Waals surface area contributed by atoms with E-state index in [-0.39, 0.29) is 11.6 Å². The monoisotopic (exact) mass is 579 g/mol. The summed E-state index contributed by atoms with van der Waals surface area (Å²) in [4.78, 5) is 38.3. The Bertz CT molecular complexity index is 1730. The number of ether oxygens (including phenoxy) is 3. The third kappa shape index (κ3) is 6.34. The van der Waals surface area contributed by atoms with Gasteiger partial charge in [0.05, 0.1) is 19.2 Å². The van der Waals surface area contributed by atoms with Crippen LogP contribution in [0.4, 0.5) is 28.6 Å².